The zero-order chi connectivity index (χ0) is 34.5. The SMILES string of the molecule is CCOc1ccccc1CNC1CCC(CNc2nc(N(C)C)c3ccccc3n2)CC1.O=C(O)C(F)(F)F.O=C(O)C(F)(F)F. The van der Waals surface area contributed by atoms with Crippen LogP contribution < -0.4 is 20.3 Å². The van der Waals surface area contributed by atoms with Gasteiger partial charge < -0.3 is 30.5 Å². The first-order valence-electron chi connectivity index (χ1n) is 14.2. The second-order valence-corrected chi connectivity index (χ2v) is 10.4. The number of fused-ring (bicyclic) bond motifs is 1. The lowest BCUT2D eigenvalue weighted by Crippen LogP contribution is -2.34. The lowest BCUT2D eigenvalue weighted by Gasteiger charge is -2.29. The largest absolute Gasteiger partial charge is 0.494 e. The first kappa shape index (κ1) is 37.8. The summed E-state index contributed by atoms with van der Waals surface area (Å²) in [5.41, 5.74) is 2.22. The fourth-order valence-electron chi connectivity index (χ4n) is 4.49. The standard InChI is InChI=1S/C26H35N5O.2C2HF3O2/c1-4-32-24-12-8-5-9-20(24)18-27-21-15-13-19(14-16-21)17-28-26-29-23-11-7-6-10-22(23)25(30-26)31(2)3;2*3-2(4,5)1(6)7/h5-12,19,21,27H,4,13-18H2,1-3H3,(H,28,29,30);2*(H,6,7). The van der Waals surface area contributed by atoms with Gasteiger partial charge in [-0.05, 0) is 56.7 Å². The zero-order valence-electron chi connectivity index (χ0n) is 25.5. The monoisotopic (exact) mass is 661 g/mol. The van der Waals surface area contributed by atoms with Crippen molar-refractivity contribution in [1.29, 1.82) is 0 Å². The number of carbonyl (C=O) groups is 2. The number of carboxylic acids is 2. The Balaban J connectivity index is 0.000000440. The molecular formula is C30H37F6N5O5. The fraction of sp³-hybridized carbons (Fsp3) is 0.467. The molecule has 0 radical (unpaired) electrons. The second kappa shape index (κ2) is 17.4. The van der Waals surface area contributed by atoms with Crippen LogP contribution in [0.25, 0.3) is 10.9 Å². The van der Waals surface area contributed by atoms with Crippen molar-refractivity contribution < 1.29 is 50.9 Å². The molecule has 1 aliphatic rings. The van der Waals surface area contributed by atoms with E-state index >= 15 is 0 Å². The summed E-state index contributed by atoms with van der Waals surface area (Å²) >= 11 is 0. The summed E-state index contributed by atoms with van der Waals surface area (Å²) < 4.78 is 69.2. The number of carboxylic acid groups (broad SMARTS) is 2. The lowest BCUT2D eigenvalue weighted by atomic mass is 9.86. The Morgan fingerprint density at radius 2 is 1.43 bits per heavy atom. The second-order valence-electron chi connectivity index (χ2n) is 10.4. The van der Waals surface area contributed by atoms with Crippen LogP contribution in [-0.2, 0) is 16.1 Å². The highest BCUT2D eigenvalue weighted by Crippen LogP contribution is 2.27. The molecule has 0 spiro atoms. The van der Waals surface area contributed by atoms with Crippen LogP contribution in [0.2, 0.25) is 0 Å². The highest BCUT2D eigenvalue weighted by Gasteiger charge is 2.38. The number of rotatable bonds is 9. The lowest BCUT2D eigenvalue weighted by molar-refractivity contribution is -0.193. The van der Waals surface area contributed by atoms with E-state index in [-0.39, 0.29) is 0 Å². The molecule has 4 rings (SSSR count). The number of anilines is 2. The summed E-state index contributed by atoms with van der Waals surface area (Å²) in [5, 5.41) is 22.6. The van der Waals surface area contributed by atoms with Crippen LogP contribution in [0.3, 0.4) is 0 Å². The van der Waals surface area contributed by atoms with Crippen molar-refractivity contribution >= 4 is 34.6 Å². The van der Waals surface area contributed by atoms with Gasteiger partial charge in [0.15, 0.2) is 0 Å². The smallest absolute Gasteiger partial charge is 0.490 e. The molecule has 1 heterocycles. The van der Waals surface area contributed by atoms with Gasteiger partial charge in [0, 0.05) is 44.2 Å². The average molecular weight is 662 g/mol. The molecule has 1 aromatic heterocycles. The molecule has 16 heteroatoms. The van der Waals surface area contributed by atoms with E-state index in [1.54, 1.807) is 0 Å². The number of alkyl halides is 6. The predicted octanol–water partition coefficient (Wildman–Crippen LogP) is 6.12. The van der Waals surface area contributed by atoms with Gasteiger partial charge >= 0.3 is 24.3 Å². The van der Waals surface area contributed by atoms with Gasteiger partial charge in [0.25, 0.3) is 0 Å². The number of nitrogens with one attached hydrogen (secondary N) is 2. The molecule has 254 valence electrons. The van der Waals surface area contributed by atoms with Gasteiger partial charge in [0.1, 0.15) is 11.6 Å². The maximum absolute atomic E-state index is 10.6. The Bertz CT molecular complexity index is 1390. The minimum absolute atomic E-state index is 0.568. The van der Waals surface area contributed by atoms with E-state index in [9.17, 15) is 26.3 Å². The molecular weight excluding hydrogens is 624 g/mol. The molecule has 3 aromatic rings. The van der Waals surface area contributed by atoms with Gasteiger partial charge in [-0.3, -0.25) is 0 Å². The van der Waals surface area contributed by atoms with E-state index in [1.807, 2.05) is 39.2 Å². The number of ether oxygens (including phenoxy) is 1. The normalized spacial score (nSPS) is 16.3. The molecule has 0 unspecified atom stereocenters. The van der Waals surface area contributed by atoms with Crippen LogP contribution in [0.15, 0.2) is 48.5 Å². The van der Waals surface area contributed by atoms with Crippen LogP contribution >= 0.6 is 0 Å². The van der Waals surface area contributed by atoms with E-state index in [4.69, 9.17) is 34.5 Å². The van der Waals surface area contributed by atoms with Gasteiger partial charge in [0.2, 0.25) is 5.95 Å². The number of para-hydroxylation sites is 2. The van der Waals surface area contributed by atoms with Crippen molar-refractivity contribution in [1.82, 2.24) is 15.3 Å². The summed E-state index contributed by atoms with van der Waals surface area (Å²) in [6.45, 7) is 4.52. The van der Waals surface area contributed by atoms with Crippen molar-refractivity contribution in [3.05, 3.63) is 54.1 Å². The van der Waals surface area contributed by atoms with Crippen molar-refractivity contribution in [2.75, 3.05) is 37.5 Å². The summed E-state index contributed by atoms with van der Waals surface area (Å²) in [4.78, 5) is 29.3. The summed E-state index contributed by atoms with van der Waals surface area (Å²) in [5.74, 6) is -2.19. The van der Waals surface area contributed by atoms with E-state index in [2.05, 4.69) is 45.9 Å². The van der Waals surface area contributed by atoms with Crippen LogP contribution in [-0.4, -0.2) is 77.8 Å². The molecule has 0 bridgehead atoms. The average Bonchev–Trinajstić information content (AvgIpc) is 2.99. The molecule has 1 aliphatic carbocycles. The number of aliphatic carboxylic acids is 2. The summed E-state index contributed by atoms with van der Waals surface area (Å²) in [6, 6.07) is 17.1. The Kier molecular flexibility index (Phi) is 14.3. The maximum atomic E-state index is 10.6. The Morgan fingerprint density at radius 1 is 0.891 bits per heavy atom. The first-order valence-corrected chi connectivity index (χ1v) is 14.2. The number of benzene rings is 2. The van der Waals surface area contributed by atoms with E-state index in [0.717, 1.165) is 41.5 Å². The molecule has 0 aliphatic heterocycles. The molecule has 1 saturated carbocycles. The third kappa shape index (κ3) is 12.6. The molecule has 2 aromatic carbocycles. The number of nitrogens with zero attached hydrogens (tertiary/aromatic N) is 3. The van der Waals surface area contributed by atoms with Gasteiger partial charge in [-0.2, -0.15) is 31.3 Å². The maximum Gasteiger partial charge on any atom is 0.490 e. The minimum Gasteiger partial charge on any atom is -0.494 e. The topological polar surface area (TPSA) is 137 Å². The Hall–Kier alpha value is -4.34. The van der Waals surface area contributed by atoms with Crippen molar-refractivity contribution in [2.24, 2.45) is 5.92 Å². The summed E-state index contributed by atoms with van der Waals surface area (Å²) in [7, 11) is 4.05. The van der Waals surface area contributed by atoms with Crippen LogP contribution in [0.5, 0.6) is 5.75 Å². The van der Waals surface area contributed by atoms with Crippen molar-refractivity contribution in [3.63, 3.8) is 0 Å². The number of halogens is 6. The molecule has 0 saturated heterocycles. The van der Waals surface area contributed by atoms with Gasteiger partial charge in [-0.25, -0.2) is 14.6 Å². The number of hydrogen-bond acceptors (Lipinski definition) is 8. The third-order valence-corrected chi connectivity index (χ3v) is 6.74. The molecule has 4 N–H and O–H groups in total. The quantitative estimate of drug-likeness (QED) is 0.199. The third-order valence-electron chi connectivity index (χ3n) is 6.74. The molecule has 0 amide bonds. The van der Waals surface area contributed by atoms with Crippen molar-refractivity contribution in [3.8, 4) is 5.75 Å². The highest BCUT2D eigenvalue weighted by molar-refractivity contribution is 5.90. The molecule has 46 heavy (non-hydrogen) atoms. The minimum atomic E-state index is -5.08. The summed E-state index contributed by atoms with van der Waals surface area (Å²) in [6.07, 6.45) is -5.34. The highest BCUT2D eigenvalue weighted by atomic mass is 19.4. The van der Waals surface area contributed by atoms with Crippen molar-refractivity contribution in [2.45, 2.75) is 57.5 Å². The Labute approximate surface area is 261 Å². The van der Waals surface area contributed by atoms with Crippen LogP contribution in [0, 0.1) is 5.92 Å². The Morgan fingerprint density at radius 3 is 1.98 bits per heavy atom. The van der Waals surface area contributed by atoms with E-state index in [1.165, 1.54) is 31.2 Å². The predicted molar refractivity (Wildman–Crippen MR) is 160 cm³/mol. The molecule has 10 nitrogen and oxygen atoms in total. The number of hydrogen-bond donors (Lipinski definition) is 4. The zero-order valence-corrected chi connectivity index (χ0v) is 25.5. The fourth-order valence-corrected chi connectivity index (χ4v) is 4.49. The van der Waals surface area contributed by atoms with Crippen LogP contribution in [0.1, 0.15) is 38.2 Å². The number of aromatic nitrogens is 2. The van der Waals surface area contributed by atoms with Gasteiger partial charge in [0.05, 0.1) is 12.1 Å². The van der Waals surface area contributed by atoms with E-state index in [0.29, 0.717) is 18.6 Å². The van der Waals surface area contributed by atoms with Gasteiger partial charge in [-0.15, -0.1) is 0 Å². The van der Waals surface area contributed by atoms with E-state index < -0.39 is 24.3 Å². The molecule has 1 fully saturated rings. The molecule has 0 atom stereocenters. The first-order chi connectivity index (χ1) is 21.5. The van der Waals surface area contributed by atoms with Gasteiger partial charge in [-0.1, -0.05) is 30.3 Å². The van der Waals surface area contributed by atoms with Crippen LogP contribution in [0.4, 0.5) is 38.1 Å².